The minimum absolute atomic E-state index is 0. The molecule has 6 heteroatoms. The number of amides is 1. The molecule has 1 amide bonds. The van der Waals surface area contributed by atoms with Crippen molar-refractivity contribution in [3.05, 3.63) is 23.8 Å². The smallest absolute Gasteiger partial charge is 0.265 e. The molecule has 0 aromatic heterocycles. The number of nitrogen functional groups attached to an aromatic ring is 2. The van der Waals surface area contributed by atoms with E-state index in [1.807, 2.05) is 5.43 Å². The molecule has 5 N–H and O–H groups in total. The maximum Gasteiger partial charge on any atom is 0.265 e. The van der Waals surface area contributed by atoms with Gasteiger partial charge in [0.25, 0.3) is 5.91 Å². The Balaban J connectivity index is 0.00000144. The van der Waals surface area contributed by atoms with E-state index < -0.39 is 0 Å². The van der Waals surface area contributed by atoms with Crippen molar-refractivity contribution in [1.82, 2.24) is 5.43 Å². The maximum atomic E-state index is 11.0. The van der Waals surface area contributed by atoms with E-state index in [-0.39, 0.29) is 57.3 Å². The molecule has 13 heavy (non-hydrogen) atoms. The Bertz CT molecular complexity index is 319. The molecule has 0 heterocycles. The molecule has 0 spiro atoms. The average Bonchev–Trinajstić information content (AvgIpc) is 2.08. The third-order valence-corrected chi connectivity index (χ3v) is 1.83. The summed E-state index contributed by atoms with van der Waals surface area (Å²) in [5.74, 6) is 4.57. The van der Waals surface area contributed by atoms with E-state index >= 15 is 0 Å². The number of hydrogen-bond acceptors (Lipinski definition) is 4. The van der Waals surface area contributed by atoms with Gasteiger partial charge in [0.15, 0.2) is 0 Å². The van der Waals surface area contributed by atoms with Crippen LogP contribution in [0, 0.1) is 0 Å². The number of carbonyl (C=O) groups is 1. The van der Waals surface area contributed by atoms with Gasteiger partial charge >= 0.3 is 0 Å². The molecule has 4 nitrogen and oxygen atoms in total. The summed E-state index contributed by atoms with van der Waals surface area (Å²) in [5, 5.41) is 0. The normalized spacial score (nSPS) is 8.77. The number of anilines is 1. The molecule has 0 fully saturated rings. The van der Waals surface area contributed by atoms with Crippen LogP contribution in [0.15, 0.2) is 23.1 Å². The largest absolute Gasteiger partial charge is 0.398 e. The Morgan fingerprint density at radius 2 is 2.08 bits per heavy atom. The topological polar surface area (TPSA) is 81.1 Å². The van der Waals surface area contributed by atoms with Crippen LogP contribution >= 0.6 is 12.6 Å². The maximum absolute atomic E-state index is 11.0. The average molecular weight is 222 g/mol. The number of benzene rings is 1. The predicted molar refractivity (Wildman–Crippen MR) is 55.5 cm³/mol. The van der Waals surface area contributed by atoms with Crippen LogP contribution in [0.3, 0.4) is 0 Å². The quantitative estimate of drug-likeness (QED) is 0.132. The van der Waals surface area contributed by atoms with Crippen LogP contribution in [0.25, 0.3) is 0 Å². The first-order valence-corrected chi connectivity index (χ1v) is 3.69. The number of hydrogen-bond donors (Lipinski definition) is 4. The molecule has 1 aromatic rings. The van der Waals surface area contributed by atoms with Crippen LogP contribution in [0.5, 0.6) is 0 Å². The number of nitrogens with one attached hydrogen (secondary N) is 1. The Morgan fingerprint density at radius 1 is 1.46 bits per heavy atom. The fourth-order valence-electron chi connectivity index (χ4n) is 0.779. The van der Waals surface area contributed by atoms with E-state index in [2.05, 4.69) is 12.6 Å². The molecule has 0 bridgehead atoms. The standard InChI is InChI=1S/C7H9N3OS.K/c8-5-3-4(7(11)10-9)1-2-6(5)12;/h1-3,12H,8-9H2,(H,10,11);. The van der Waals surface area contributed by atoms with Gasteiger partial charge in [0.2, 0.25) is 0 Å². The van der Waals surface area contributed by atoms with Crippen molar-refractivity contribution < 1.29 is 4.79 Å². The van der Waals surface area contributed by atoms with E-state index in [1.54, 1.807) is 12.1 Å². The van der Waals surface area contributed by atoms with Crippen LogP contribution < -0.4 is 17.0 Å². The minimum Gasteiger partial charge on any atom is -0.398 e. The van der Waals surface area contributed by atoms with Crippen molar-refractivity contribution in [3.8, 4) is 0 Å². The first-order chi connectivity index (χ1) is 5.65. The van der Waals surface area contributed by atoms with Crippen LogP contribution in [-0.2, 0) is 0 Å². The third-order valence-electron chi connectivity index (χ3n) is 1.42. The minimum atomic E-state index is -0.366. The van der Waals surface area contributed by atoms with Crippen LogP contribution in [0.4, 0.5) is 5.69 Å². The molecule has 0 aliphatic carbocycles. The van der Waals surface area contributed by atoms with E-state index in [0.717, 1.165) is 0 Å². The van der Waals surface area contributed by atoms with E-state index in [0.29, 0.717) is 16.1 Å². The van der Waals surface area contributed by atoms with Crippen LogP contribution in [-0.4, -0.2) is 57.3 Å². The van der Waals surface area contributed by atoms with Gasteiger partial charge in [-0.15, -0.1) is 12.6 Å². The zero-order chi connectivity index (χ0) is 9.14. The van der Waals surface area contributed by atoms with Gasteiger partial charge in [-0.05, 0) is 18.2 Å². The monoisotopic (exact) mass is 222 g/mol. The van der Waals surface area contributed by atoms with E-state index in [1.165, 1.54) is 6.07 Å². The number of rotatable bonds is 1. The molecule has 0 aliphatic heterocycles. The van der Waals surface area contributed by atoms with Crippen molar-refractivity contribution in [1.29, 1.82) is 0 Å². The Labute approximate surface area is 124 Å². The second-order valence-corrected chi connectivity index (χ2v) is 2.73. The van der Waals surface area contributed by atoms with Gasteiger partial charge in [-0.3, -0.25) is 10.2 Å². The van der Waals surface area contributed by atoms with Gasteiger partial charge in [-0.1, -0.05) is 0 Å². The summed E-state index contributed by atoms with van der Waals surface area (Å²) < 4.78 is 0. The molecule has 65 valence electrons. The Kier molecular flexibility index (Phi) is 6.22. The van der Waals surface area contributed by atoms with E-state index in [4.69, 9.17) is 11.6 Å². The zero-order valence-corrected chi connectivity index (χ0v) is 11.3. The van der Waals surface area contributed by atoms with Crippen molar-refractivity contribution >= 4 is 75.6 Å². The van der Waals surface area contributed by atoms with Crippen LogP contribution in [0.2, 0.25) is 0 Å². The summed E-state index contributed by atoms with van der Waals surface area (Å²) in [6.07, 6.45) is 0. The van der Waals surface area contributed by atoms with Gasteiger partial charge in [-0.2, -0.15) is 0 Å². The number of carbonyl (C=O) groups excluding carboxylic acids is 1. The second kappa shape index (κ2) is 6.02. The third kappa shape index (κ3) is 3.59. The van der Waals surface area contributed by atoms with Gasteiger partial charge in [-0.25, -0.2) is 5.84 Å². The molecule has 0 atom stereocenters. The molecule has 0 unspecified atom stereocenters. The fraction of sp³-hybridized carbons (Fsp3) is 0. The Hall–Kier alpha value is 0.436. The summed E-state index contributed by atoms with van der Waals surface area (Å²) in [6.45, 7) is 0. The summed E-state index contributed by atoms with van der Waals surface area (Å²) in [6, 6.07) is 4.76. The molecule has 1 rings (SSSR count). The summed E-state index contributed by atoms with van der Waals surface area (Å²) in [4.78, 5) is 11.6. The second-order valence-electron chi connectivity index (χ2n) is 2.25. The zero-order valence-electron chi connectivity index (χ0n) is 7.24. The number of thiol groups is 1. The number of hydrazine groups is 1. The molecule has 1 radical (unpaired) electrons. The summed E-state index contributed by atoms with van der Waals surface area (Å²) in [7, 11) is 0. The molecular formula is C7H9KN3OS. The van der Waals surface area contributed by atoms with Crippen LogP contribution in [0.1, 0.15) is 10.4 Å². The van der Waals surface area contributed by atoms with Gasteiger partial charge in [0.1, 0.15) is 0 Å². The van der Waals surface area contributed by atoms with Crippen molar-refractivity contribution in [2.75, 3.05) is 5.73 Å². The predicted octanol–water partition coefficient (Wildman–Crippen LogP) is -0.220. The first kappa shape index (κ1) is 13.4. The Morgan fingerprint density at radius 3 is 2.54 bits per heavy atom. The molecular weight excluding hydrogens is 213 g/mol. The summed E-state index contributed by atoms with van der Waals surface area (Å²) >= 11 is 4.05. The molecule has 0 saturated carbocycles. The van der Waals surface area contributed by atoms with Crippen molar-refractivity contribution in [2.24, 2.45) is 5.84 Å². The number of nitrogens with two attached hydrogens (primary N) is 2. The van der Waals surface area contributed by atoms with Gasteiger partial charge < -0.3 is 5.73 Å². The molecule has 1 aromatic carbocycles. The van der Waals surface area contributed by atoms with E-state index in [9.17, 15) is 4.79 Å². The first-order valence-electron chi connectivity index (χ1n) is 3.24. The van der Waals surface area contributed by atoms with Gasteiger partial charge in [0, 0.05) is 67.5 Å². The molecule has 0 saturated heterocycles. The fourth-order valence-corrected chi connectivity index (χ4v) is 0.918. The van der Waals surface area contributed by atoms with Gasteiger partial charge in [0.05, 0.1) is 0 Å². The molecule has 0 aliphatic rings. The van der Waals surface area contributed by atoms with Crippen molar-refractivity contribution in [3.63, 3.8) is 0 Å². The SMILES string of the molecule is NNC(=O)c1ccc(S)c(N)c1.[K]. The summed E-state index contributed by atoms with van der Waals surface area (Å²) in [5.41, 5.74) is 8.41. The van der Waals surface area contributed by atoms with Crippen molar-refractivity contribution in [2.45, 2.75) is 4.90 Å².